The lowest BCUT2D eigenvalue weighted by atomic mass is 10.1. The van der Waals surface area contributed by atoms with Gasteiger partial charge in [-0.2, -0.15) is 0 Å². The normalized spacial score (nSPS) is 17.1. The van der Waals surface area contributed by atoms with E-state index in [2.05, 4.69) is 0 Å². The standard InChI is InChI=1S/C16H12O3/c17-15-13-9-5-4-8-12(13)10-14(15)19-16(18)11-6-2-1-3-7-11/h1-9,14H,10H2/t14-/m1/s1. The molecule has 0 unspecified atom stereocenters. The quantitative estimate of drug-likeness (QED) is 0.772. The van der Waals surface area contributed by atoms with E-state index >= 15 is 0 Å². The highest BCUT2D eigenvalue weighted by Gasteiger charge is 2.33. The molecule has 0 aliphatic heterocycles. The molecule has 0 saturated heterocycles. The Labute approximate surface area is 110 Å². The predicted octanol–water partition coefficient (Wildman–Crippen LogP) is 2.65. The largest absolute Gasteiger partial charge is 0.450 e. The summed E-state index contributed by atoms with van der Waals surface area (Å²) in [7, 11) is 0. The fourth-order valence-corrected chi connectivity index (χ4v) is 2.27. The smallest absolute Gasteiger partial charge is 0.338 e. The van der Waals surface area contributed by atoms with E-state index in [9.17, 15) is 9.59 Å². The van der Waals surface area contributed by atoms with Crippen molar-refractivity contribution in [3.63, 3.8) is 0 Å². The van der Waals surface area contributed by atoms with Gasteiger partial charge in [-0.25, -0.2) is 4.79 Å². The molecule has 3 heteroatoms. The number of Topliss-reactive ketones (excluding diaryl/α,β-unsaturated/α-hetero) is 1. The summed E-state index contributed by atoms with van der Waals surface area (Å²) in [6.45, 7) is 0. The Kier molecular flexibility index (Phi) is 2.88. The number of ketones is 1. The molecule has 94 valence electrons. The van der Waals surface area contributed by atoms with Gasteiger partial charge in [0.15, 0.2) is 6.10 Å². The highest BCUT2D eigenvalue weighted by Crippen LogP contribution is 2.24. The number of esters is 1. The van der Waals surface area contributed by atoms with Crippen LogP contribution in [0, 0.1) is 0 Å². The van der Waals surface area contributed by atoms with Gasteiger partial charge >= 0.3 is 5.97 Å². The predicted molar refractivity (Wildman–Crippen MR) is 70.1 cm³/mol. The fourth-order valence-electron chi connectivity index (χ4n) is 2.27. The molecule has 0 N–H and O–H groups in total. The van der Waals surface area contributed by atoms with E-state index in [0.29, 0.717) is 17.5 Å². The van der Waals surface area contributed by atoms with Crippen LogP contribution >= 0.6 is 0 Å². The number of benzene rings is 2. The van der Waals surface area contributed by atoms with Crippen LogP contribution in [0.4, 0.5) is 0 Å². The molecule has 0 amide bonds. The number of hydrogen-bond acceptors (Lipinski definition) is 3. The van der Waals surface area contributed by atoms with Gasteiger partial charge in [-0.3, -0.25) is 4.79 Å². The fraction of sp³-hybridized carbons (Fsp3) is 0.125. The van der Waals surface area contributed by atoms with Crippen molar-refractivity contribution in [3.05, 3.63) is 71.3 Å². The minimum atomic E-state index is -0.690. The molecular formula is C16H12O3. The van der Waals surface area contributed by atoms with Crippen molar-refractivity contribution < 1.29 is 14.3 Å². The van der Waals surface area contributed by atoms with Crippen molar-refractivity contribution in [1.82, 2.24) is 0 Å². The number of carbonyl (C=O) groups excluding carboxylic acids is 2. The Balaban J connectivity index is 1.77. The molecule has 2 aromatic carbocycles. The first-order valence-corrected chi connectivity index (χ1v) is 6.14. The van der Waals surface area contributed by atoms with Gasteiger partial charge in [0.05, 0.1) is 5.56 Å². The monoisotopic (exact) mass is 252 g/mol. The van der Waals surface area contributed by atoms with Crippen LogP contribution in [0.5, 0.6) is 0 Å². The molecule has 19 heavy (non-hydrogen) atoms. The first-order valence-electron chi connectivity index (χ1n) is 6.14. The summed E-state index contributed by atoms with van der Waals surface area (Å²) in [5.74, 6) is -0.563. The molecular weight excluding hydrogens is 240 g/mol. The summed E-state index contributed by atoms with van der Waals surface area (Å²) in [5, 5.41) is 0. The zero-order chi connectivity index (χ0) is 13.2. The van der Waals surface area contributed by atoms with Crippen LogP contribution in [0.3, 0.4) is 0 Å². The Morgan fingerprint density at radius 2 is 1.68 bits per heavy atom. The second-order valence-corrected chi connectivity index (χ2v) is 4.49. The molecule has 1 aliphatic carbocycles. The number of ether oxygens (including phenoxy) is 1. The van der Waals surface area contributed by atoms with Gasteiger partial charge in [-0.15, -0.1) is 0 Å². The van der Waals surface area contributed by atoms with Gasteiger partial charge in [0.2, 0.25) is 5.78 Å². The van der Waals surface area contributed by atoms with Crippen molar-refractivity contribution >= 4 is 11.8 Å². The van der Waals surface area contributed by atoms with Crippen molar-refractivity contribution in [2.24, 2.45) is 0 Å². The third-order valence-corrected chi connectivity index (χ3v) is 3.24. The van der Waals surface area contributed by atoms with E-state index in [1.54, 1.807) is 30.3 Å². The highest BCUT2D eigenvalue weighted by atomic mass is 16.5. The number of carbonyl (C=O) groups is 2. The van der Waals surface area contributed by atoms with Gasteiger partial charge in [0.1, 0.15) is 0 Å². The van der Waals surface area contributed by atoms with Gasteiger partial charge in [0.25, 0.3) is 0 Å². The summed E-state index contributed by atoms with van der Waals surface area (Å²) in [6, 6.07) is 16.1. The van der Waals surface area contributed by atoms with E-state index in [1.165, 1.54) is 0 Å². The molecule has 0 bridgehead atoms. The third-order valence-electron chi connectivity index (χ3n) is 3.24. The van der Waals surface area contributed by atoms with E-state index in [1.807, 2.05) is 24.3 Å². The highest BCUT2D eigenvalue weighted by molar-refractivity contribution is 6.05. The Morgan fingerprint density at radius 3 is 2.42 bits per heavy atom. The minimum absolute atomic E-state index is 0.111. The molecule has 3 rings (SSSR count). The van der Waals surface area contributed by atoms with Crippen molar-refractivity contribution in [1.29, 1.82) is 0 Å². The second kappa shape index (κ2) is 4.69. The maximum atomic E-state index is 12.1. The summed E-state index contributed by atoms with van der Waals surface area (Å²) >= 11 is 0. The molecule has 1 atom stereocenters. The summed E-state index contributed by atoms with van der Waals surface area (Å²) in [6.07, 6.45) is -0.224. The second-order valence-electron chi connectivity index (χ2n) is 4.49. The van der Waals surface area contributed by atoms with E-state index < -0.39 is 12.1 Å². The lowest BCUT2D eigenvalue weighted by Gasteiger charge is -2.10. The van der Waals surface area contributed by atoms with Crippen LogP contribution in [-0.2, 0) is 11.2 Å². The molecule has 0 saturated carbocycles. The average molecular weight is 252 g/mol. The zero-order valence-corrected chi connectivity index (χ0v) is 10.2. The third kappa shape index (κ3) is 2.15. The number of hydrogen-bond donors (Lipinski definition) is 0. The van der Waals surface area contributed by atoms with Crippen LogP contribution in [0.25, 0.3) is 0 Å². The maximum Gasteiger partial charge on any atom is 0.338 e. The van der Waals surface area contributed by atoms with E-state index in [0.717, 1.165) is 5.56 Å². The van der Waals surface area contributed by atoms with Crippen LogP contribution in [0.2, 0.25) is 0 Å². The summed E-state index contributed by atoms with van der Waals surface area (Å²) in [4.78, 5) is 24.0. The molecule has 1 aliphatic rings. The Morgan fingerprint density at radius 1 is 1.00 bits per heavy atom. The Hall–Kier alpha value is -2.42. The SMILES string of the molecule is O=C(O[C@@H]1Cc2ccccc2C1=O)c1ccccc1. The molecule has 2 aromatic rings. The molecule has 0 aromatic heterocycles. The zero-order valence-electron chi connectivity index (χ0n) is 10.2. The molecule has 0 spiro atoms. The van der Waals surface area contributed by atoms with Crippen molar-refractivity contribution in [2.75, 3.05) is 0 Å². The maximum absolute atomic E-state index is 12.1. The Bertz CT molecular complexity index is 631. The first kappa shape index (κ1) is 11.7. The van der Waals surface area contributed by atoms with E-state index in [-0.39, 0.29) is 5.78 Å². The number of rotatable bonds is 2. The van der Waals surface area contributed by atoms with Crippen molar-refractivity contribution in [2.45, 2.75) is 12.5 Å². The summed E-state index contributed by atoms with van der Waals surface area (Å²) in [5.41, 5.74) is 2.07. The van der Waals surface area contributed by atoms with Gasteiger partial charge in [-0.1, -0.05) is 42.5 Å². The lowest BCUT2D eigenvalue weighted by molar-refractivity contribution is 0.0304. The minimum Gasteiger partial charge on any atom is -0.450 e. The number of fused-ring (bicyclic) bond motifs is 1. The van der Waals surface area contributed by atoms with Crippen LogP contribution in [0.15, 0.2) is 54.6 Å². The molecule has 0 heterocycles. The lowest BCUT2D eigenvalue weighted by Crippen LogP contribution is -2.24. The van der Waals surface area contributed by atoms with Crippen LogP contribution in [0.1, 0.15) is 26.3 Å². The van der Waals surface area contributed by atoms with Crippen molar-refractivity contribution in [3.8, 4) is 0 Å². The van der Waals surface area contributed by atoms with Gasteiger partial charge < -0.3 is 4.74 Å². The molecule has 0 radical (unpaired) electrons. The van der Waals surface area contributed by atoms with E-state index in [4.69, 9.17) is 4.74 Å². The van der Waals surface area contributed by atoms with Crippen LogP contribution in [-0.4, -0.2) is 17.9 Å². The van der Waals surface area contributed by atoms with Crippen LogP contribution < -0.4 is 0 Å². The average Bonchev–Trinajstić information content (AvgIpc) is 2.77. The van der Waals surface area contributed by atoms with Gasteiger partial charge in [-0.05, 0) is 17.7 Å². The first-order chi connectivity index (χ1) is 9.25. The van der Waals surface area contributed by atoms with Gasteiger partial charge in [0, 0.05) is 12.0 Å². The summed E-state index contributed by atoms with van der Waals surface area (Å²) < 4.78 is 5.30. The molecule has 0 fully saturated rings. The molecule has 3 nitrogen and oxygen atoms in total. The topological polar surface area (TPSA) is 43.4 Å².